The summed E-state index contributed by atoms with van der Waals surface area (Å²) in [5.74, 6) is -4.79. The van der Waals surface area contributed by atoms with Crippen LogP contribution in [-0.4, -0.2) is 86.7 Å². The van der Waals surface area contributed by atoms with E-state index in [1.165, 1.54) is 18.7 Å². The van der Waals surface area contributed by atoms with Gasteiger partial charge in [0, 0.05) is 6.54 Å². The van der Waals surface area contributed by atoms with Gasteiger partial charge in [-0.1, -0.05) is 0 Å². The predicted molar refractivity (Wildman–Crippen MR) is 93.8 cm³/mol. The molecule has 3 amide bonds. The van der Waals surface area contributed by atoms with Crippen molar-refractivity contribution in [3.63, 3.8) is 0 Å². The molecule has 1 aliphatic rings. The van der Waals surface area contributed by atoms with Gasteiger partial charge in [0.1, 0.15) is 12.1 Å². The second kappa shape index (κ2) is 9.99. The molecular weight excluding hydrogens is 376 g/mol. The Kier molecular flexibility index (Phi) is 8.32. The van der Waals surface area contributed by atoms with Gasteiger partial charge in [-0.3, -0.25) is 19.2 Å². The zero-order valence-electron chi connectivity index (χ0n) is 15.6. The number of carbonyl (C=O) groups excluding carboxylic acids is 3. The monoisotopic (exact) mass is 402 g/mol. The van der Waals surface area contributed by atoms with Gasteiger partial charge in [0.25, 0.3) is 0 Å². The van der Waals surface area contributed by atoms with Crippen molar-refractivity contribution in [1.29, 1.82) is 0 Å². The first-order valence-corrected chi connectivity index (χ1v) is 8.75. The van der Waals surface area contributed by atoms with E-state index in [9.17, 15) is 29.1 Å². The third-order valence-corrected chi connectivity index (χ3v) is 4.35. The first-order valence-electron chi connectivity index (χ1n) is 8.75. The molecule has 0 aromatic heterocycles. The Morgan fingerprint density at radius 1 is 1.14 bits per heavy atom. The molecule has 1 heterocycles. The molecule has 12 heteroatoms. The smallest absolute Gasteiger partial charge is 0.328 e. The molecule has 0 spiro atoms. The largest absolute Gasteiger partial charge is 0.481 e. The van der Waals surface area contributed by atoms with Crippen molar-refractivity contribution in [2.24, 2.45) is 5.73 Å². The van der Waals surface area contributed by atoms with E-state index in [1.807, 2.05) is 0 Å². The number of nitrogens with zero attached hydrogens (tertiary/aromatic N) is 1. The van der Waals surface area contributed by atoms with Gasteiger partial charge in [-0.05, 0) is 26.7 Å². The zero-order valence-corrected chi connectivity index (χ0v) is 15.6. The van der Waals surface area contributed by atoms with Gasteiger partial charge in [-0.15, -0.1) is 0 Å². The lowest BCUT2D eigenvalue weighted by molar-refractivity contribution is -0.147. The molecule has 0 aromatic carbocycles. The number of nitrogens with one attached hydrogen (secondary N) is 2. The van der Waals surface area contributed by atoms with Crippen LogP contribution in [0.1, 0.15) is 33.1 Å². The second-order valence-corrected chi connectivity index (χ2v) is 6.69. The fraction of sp³-hybridized carbons (Fsp3) is 0.688. The fourth-order valence-electron chi connectivity index (χ4n) is 2.85. The van der Waals surface area contributed by atoms with Crippen molar-refractivity contribution in [3.8, 4) is 0 Å². The quantitative estimate of drug-likeness (QED) is 0.236. The number of likely N-dealkylation sites (tertiary alicyclic amines) is 1. The average Bonchev–Trinajstić information content (AvgIpc) is 3.06. The van der Waals surface area contributed by atoms with Crippen LogP contribution in [0.25, 0.3) is 0 Å². The molecule has 0 bridgehead atoms. The summed E-state index contributed by atoms with van der Waals surface area (Å²) in [6.45, 7) is 2.82. The van der Waals surface area contributed by atoms with Gasteiger partial charge in [-0.25, -0.2) is 4.79 Å². The highest BCUT2D eigenvalue weighted by molar-refractivity contribution is 5.95. The molecule has 158 valence electrons. The van der Waals surface area contributed by atoms with Gasteiger partial charge < -0.3 is 36.6 Å². The third kappa shape index (κ3) is 6.16. The Bertz CT molecular complexity index is 638. The van der Waals surface area contributed by atoms with Gasteiger partial charge in [0.05, 0.1) is 18.6 Å². The average molecular weight is 402 g/mol. The van der Waals surface area contributed by atoms with Gasteiger partial charge in [0.2, 0.25) is 17.7 Å². The van der Waals surface area contributed by atoms with E-state index in [1.54, 1.807) is 0 Å². The Morgan fingerprint density at radius 3 is 2.25 bits per heavy atom. The molecule has 0 aliphatic carbocycles. The maximum atomic E-state index is 12.6. The molecule has 1 saturated heterocycles. The van der Waals surface area contributed by atoms with E-state index >= 15 is 0 Å². The van der Waals surface area contributed by atoms with Gasteiger partial charge in [0.15, 0.2) is 6.04 Å². The Balaban J connectivity index is 2.75. The van der Waals surface area contributed by atoms with Crippen LogP contribution in [0.15, 0.2) is 0 Å². The molecule has 0 aromatic rings. The van der Waals surface area contributed by atoms with Crippen LogP contribution in [0.3, 0.4) is 0 Å². The van der Waals surface area contributed by atoms with Crippen molar-refractivity contribution >= 4 is 29.7 Å². The van der Waals surface area contributed by atoms with Crippen LogP contribution in [0.4, 0.5) is 0 Å². The highest BCUT2D eigenvalue weighted by Gasteiger charge is 2.38. The number of aliphatic hydroxyl groups is 1. The number of aliphatic carboxylic acids is 2. The summed E-state index contributed by atoms with van der Waals surface area (Å²) in [5.41, 5.74) is 5.45. The van der Waals surface area contributed by atoms with E-state index in [0.717, 1.165) is 0 Å². The minimum atomic E-state index is -1.52. The molecule has 5 unspecified atom stereocenters. The van der Waals surface area contributed by atoms with E-state index in [2.05, 4.69) is 10.6 Å². The lowest BCUT2D eigenvalue weighted by Gasteiger charge is -2.28. The Labute approximate surface area is 161 Å². The molecule has 7 N–H and O–H groups in total. The molecular formula is C16H26N4O8. The van der Waals surface area contributed by atoms with Crippen LogP contribution >= 0.6 is 0 Å². The van der Waals surface area contributed by atoms with E-state index in [0.29, 0.717) is 12.8 Å². The van der Waals surface area contributed by atoms with Crippen molar-refractivity contribution in [2.45, 2.75) is 63.4 Å². The third-order valence-electron chi connectivity index (χ3n) is 4.35. The van der Waals surface area contributed by atoms with Crippen molar-refractivity contribution < 1.29 is 39.3 Å². The predicted octanol–water partition coefficient (Wildman–Crippen LogP) is -2.77. The van der Waals surface area contributed by atoms with Gasteiger partial charge in [-0.2, -0.15) is 0 Å². The fourth-order valence-corrected chi connectivity index (χ4v) is 2.85. The van der Waals surface area contributed by atoms with Crippen LogP contribution < -0.4 is 16.4 Å². The lowest BCUT2D eigenvalue weighted by atomic mass is 10.1. The summed E-state index contributed by atoms with van der Waals surface area (Å²) in [4.78, 5) is 59.8. The van der Waals surface area contributed by atoms with Crippen LogP contribution in [0, 0.1) is 0 Å². The first-order chi connectivity index (χ1) is 13.0. The number of nitrogens with two attached hydrogens (primary N) is 1. The maximum absolute atomic E-state index is 12.6. The molecule has 12 nitrogen and oxygen atoms in total. The molecule has 0 saturated carbocycles. The first kappa shape index (κ1) is 23.3. The molecule has 1 aliphatic heterocycles. The molecule has 28 heavy (non-hydrogen) atoms. The summed E-state index contributed by atoms with van der Waals surface area (Å²) >= 11 is 0. The summed E-state index contributed by atoms with van der Waals surface area (Å²) in [5, 5.41) is 31.7. The summed E-state index contributed by atoms with van der Waals surface area (Å²) in [6, 6.07) is -4.85. The number of carbonyl (C=O) groups is 5. The SMILES string of the molecule is CC(NC(=O)C(N)CC(=O)O)C(=O)N1CCCC1C(=O)NC(C(=O)O)C(C)O. The van der Waals surface area contributed by atoms with Gasteiger partial charge >= 0.3 is 11.9 Å². The van der Waals surface area contributed by atoms with Crippen molar-refractivity contribution in [3.05, 3.63) is 0 Å². The zero-order chi connectivity index (χ0) is 21.6. The summed E-state index contributed by atoms with van der Waals surface area (Å²) in [6.07, 6.45) is -1.14. The Morgan fingerprint density at radius 2 is 1.75 bits per heavy atom. The Hall–Kier alpha value is -2.73. The molecule has 1 fully saturated rings. The number of aliphatic hydroxyl groups excluding tert-OH is 1. The topological polar surface area (TPSA) is 199 Å². The number of rotatable bonds is 9. The van der Waals surface area contributed by atoms with Crippen LogP contribution in [0.5, 0.6) is 0 Å². The number of hydrogen-bond donors (Lipinski definition) is 6. The number of carboxylic acid groups (broad SMARTS) is 2. The minimum Gasteiger partial charge on any atom is -0.481 e. The molecule has 0 radical (unpaired) electrons. The summed E-state index contributed by atoms with van der Waals surface area (Å²) in [7, 11) is 0. The minimum absolute atomic E-state index is 0.227. The van der Waals surface area contributed by atoms with Crippen molar-refractivity contribution in [1.82, 2.24) is 15.5 Å². The summed E-state index contributed by atoms with van der Waals surface area (Å²) < 4.78 is 0. The highest BCUT2D eigenvalue weighted by Crippen LogP contribution is 2.19. The number of carboxylic acids is 2. The van der Waals surface area contributed by atoms with Crippen LogP contribution in [0.2, 0.25) is 0 Å². The van der Waals surface area contributed by atoms with E-state index < -0.39 is 66.4 Å². The molecule has 1 rings (SSSR count). The standard InChI is InChI=1S/C16H26N4O8/c1-7(18-13(24)9(17)6-11(22)23)15(26)20-5-3-4-10(20)14(25)19-12(8(2)21)16(27)28/h7-10,12,21H,3-6,17H2,1-2H3,(H,18,24)(H,19,25)(H,22,23)(H,27,28). The van der Waals surface area contributed by atoms with E-state index in [4.69, 9.17) is 15.9 Å². The second-order valence-electron chi connectivity index (χ2n) is 6.69. The van der Waals surface area contributed by atoms with E-state index in [-0.39, 0.29) is 6.54 Å². The number of amides is 3. The maximum Gasteiger partial charge on any atom is 0.328 e. The number of hydrogen-bond acceptors (Lipinski definition) is 7. The normalized spacial score (nSPS) is 20.6. The van der Waals surface area contributed by atoms with Crippen molar-refractivity contribution in [2.75, 3.05) is 6.54 Å². The highest BCUT2D eigenvalue weighted by atomic mass is 16.4. The lowest BCUT2D eigenvalue weighted by Crippen LogP contribution is -2.57. The van der Waals surface area contributed by atoms with Crippen LogP contribution in [-0.2, 0) is 24.0 Å². The molecule has 5 atom stereocenters.